The highest BCUT2D eigenvalue weighted by atomic mass is 16.5. The lowest BCUT2D eigenvalue weighted by atomic mass is 9.78. The second kappa shape index (κ2) is 6.72. The molecule has 0 fully saturated rings. The minimum absolute atomic E-state index is 0.184. The van der Waals surface area contributed by atoms with Gasteiger partial charge in [-0.05, 0) is 40.9 Å². The Morgan fingerprint density at radius 1 is 1.14 bits per heavy atom. The molecule has 0 heterocycles. The van der Waals surface area contributed by atoms with Gasteiger partial charge < -0.3 is 9.84 Å². The van der Waals surface area contributed by atoms with Crippen LogP contribution in [-0.4, -0.2) is 17.7 Å². The number of hydrogen-bond acceptors (Lipinski definition) is 3. The van der Waals surface area contributed by atoms with Crippen LogP contribution in [0.4, 0.5) is 0 Å². The molecule has 1 aromatic carbocycles. The van der Waals surface area contributed by atoms with Crippen molar-refractivity contribution in [2.24, 2.45) is 0 Å². The van der Waals surface area contributed by atoms with Crippen molar-refractivity contribution in [2.45, 2.75) is 72.1 Å². The van der Waals surface area contributed by atoms with Crippen molar-refractivity contribution in [3.05, 3.63) is 28.8 Å². The Morgan fingerprint density at radius 3 is 1.95 bits per heavy atom. The molecule has 0 saturated carbocycles. The summed E-state index contributed by atoms with van der Waals surface area (Å²) < 4.78 is 12.1. The second-order valence-corrected chi connectivity index (χ2v) is 7.77. The Hall–Kier alpha value is -1.51. The Morgan fingerprint density at radius 2 is 1.59 bits per heavy atom. The Kier molecular flexibility index (Phi) is 5.15. The Bertz CT molecular complexity index is 528. The minimum Gasteiger partial charge on any atom is -0.507 e. The SMILES string of the molecule is [2H]C(C)OC(=O)CCc1cc(C(C)(C)C)c(O)c(C(C)(C)C)c1. The third kappa shape index (κ3) is 4.75. The van der Waals surface area contributed by atoms with E-state index in [0.29, 0.717) is 12.2 Å². The van der Waals surface area contributed by atoms with Crippen LogP contribution < -0.4 is 0 Å². The molecule has 22 heavy (non-hydrogen) atoms. The summed E-state index contributed by atoms with van der Waals surface area (Å²) >= 11 is 0. The molecule has 0 radical (unpaired) electrons. The van der Waals surface area contributed by atoms with E-state index < -0.39 is 6.58 Å². The number of carbonyl (C=O) groups excluding carboxylic acids is 1. The summed E-state index contributed by atoms with van der Waals surface area (Å²) in [5, 5.41) is 10.7. The summed E-state index contributed by atoms with van der Waals surface area (Å²) in [5.41, 5.74) is 2.42. The molecule has 3 nitrogen and oxygen atoms in total. The number of phenolic OH excluding ortho intramolecular Hbond substituents is 1. The van der Waals surface area contributed by atoms with Crippen molar-refractivity contribution in [2.75, 3.05) is 6.58 Å². The quantitative estimate of drug-likeness (QED) is 0.834. The van der Waals surface area contributed by atoms with Crippen molar-refractivity contribution in [1.29, 1.82) is 0 Å². The van der Waals surface area contributed by atoms with Gasteiger partial charge in [0.25, 0.3) is 0 Å². The number of ether oxygens (including phenoxy) is 1. The van der Waals surface area contributed by atoms with E-state index in [9.17, 15) is 9.90 Å². The maximum Gasteiger partial charge on any atom is 0.306 e. The average molecular weight is 307 g/mol. The van der Waals surface area contributed by atoms with Crippen molar-refractivity contribution >= 4 is 5.97 Å². The number of benzene rings is 1. The fourth-order valence-electron chi connectivity index (χ4n) is 2.42. The molecule has 1 rings (SSSR count). The molecular weight excluding hydrogens is 276 g/mol. The van der Waals surface area contributed by atoms with Gasteiger partial charge in [0, 0.05) is 6.42 Å². The summed E-state index contributed by atoms with van der Waals surface area (Å²) in [6, 6.07) is 3.95. The van der Waals surface area contributed by atoms with Crippen LogP contribution in [0.2, 0.25) is 0 Å². The van der Waals surface area contributed by atoms with Gasteiger partial charge in [-0.3, -0.25) is 4.79 Å². The van der Waals surface area contributed by atoms with Crippen LogP contribution in [0.25, 0.3) is 0 Å². The summed E-state index contributed by atoms with van der Waals surface area (Å²) in [5.74, 6) is -0.0219. The average Bonchev–Trinajstić information content (AvgIpc) is 2.33. The van der Waals surface area contributed by atoms with Gasteiger partial charge in [-0.15, -0.1) is 0 Å². The van der Waals surface area contributed by atoms with E-state index in [1.165, 1.54) is 6.92 Å². The lowest BCUT2D eigenvalue weighted by molar-refractivity contribution is -0.143. The molecule has 0 aliphatic heterocycles. The van der Waals surface area contributed by atoms with Crippen molar-refractivity contribution in [1.82, 2.24) is 0 Å². The van der Waals surface area contributed by atoms with Crippen LogP contribution in [-0.2, 0) is 26.8 Å². The Labute approximate surface area is 136 Å². The molecule has 0 aromatic heterocycles. The van der Waals surface area contributed by atoms with E-state index >= 15 is 0 Å². The number of carbonyl (C=O) groups is 1. The summed E-state index contributed by atoms with van der Waals surface area (Å²) in [4.78, 5) is 11.7. The van der Waals surface area contributed by atoms with Gasteiger partial charge >= 0.3 is 5.97 Å². The zero-order chi connectivity index (χ0) is 18.0. The molecule has 0 saturated heterocycles. The number of aryl methyl sites for hydroxylation is 1. The van der Waals surface area contributed by atoms with Crippen LogP contribution in [0.1, 0.15) is 72.9 Å². The first kappa shape index (κ1) is 16.9. The third-order valence-electron chi connectivity index (χ3n) is 3.65. The molecule has 1 atom stereocenters. The van der Waals surface area contributed by atoms with Crippen LogP contribution in [0.5, 0.6) is 5.75 Å². The maximum absolute atomic E-state index is 11.7. The number of hydrogen-bond donors (Lipinski definition) is 1. The zero-order valence-electron chi connectivity index (χ0n) is 15.9. The van der Waals surface area contributed by atoms with Gasteiger partial charge in [0.15, 0.2) is 0 Å². The van der Waals surface area contributed by atoms with Crippen molar-refractivity contribution in [3.63, 3.8) is 0 Å². The van der Waals surface area contributed by atoms with E-state index in [1.54, 1.807) is 0 Å². The van der Waals surface area contributed by atoms with E-state index in [1.807, 2.05) is 12.1 Å². The zero-order valence-corrected chi connectivity index (χ0v) is 14.9. The minimum atomic E-state index is -0.836. The van der Waals surface area contributed by atoms with Crippen molar-refractivity contribution < 1.29 is 16.0 Å². The normalized spacial score (nSPS) is 14.4. The highest BCUT2D eigenvalue weighted by Gasteiger charge is 2.26. The Balaban J connectivity index is 3.16. The van der Waals surface area contributed by atoms with Crippen LogP contribution >= 0.6 is 0 Å². The summed E-state index contributed by atoms with van der Waals surface area (Å²) in [7, 11) is 0. The topological polar surface area (TPSA) is 46.5 Å². The van der Waals surface area contributed by atoms with Gasteiger partial charge in [0.1, 0.15) is 5.75 Å². The summed E-state index contributed by atoms with van der Waals surface area (Å²) in [6.07, 6.45) is 0.777. The van der Waals surface area contributed by atoms with E-state index in [4.69, 9.17) is 6.11 Å². The molecule has 0 spiro atoms. The first-order chi connectivity index (χ1) is 10.3. The van der Waals surface area contributed by atoms with Gasteiger partial charge in [0.05, 0.1) is 7.95 Å². The summed E-state index contributed by atoms with van der Waals surface area (Å²) in [6.45, 7) is 13.1. The largest absolute Gasteiger partial charge is 0.507 e. The van der Waals surface area contributed by atoms with Gasteiger partial charge in [-0.1, -0.05) is 53.7 Å². The maximum atomic E-state index is 11.7. The van der Waals surface area contributed by atoms with E-state index in [2.05, 4.69) is 41.5 Å². The van der Waals surface area contributed by atoms with Gasteiger partial charge in [0.2, 0.25) is 0 Å². The standard InChI is InChI=1S/C19H30O3/c1-8-22-16(20)10-9-13-11-14(18(2,3)4)17(21)15(12-13)19(5,6)7/h11-12,21H,8-10H2,1-7H3/i8D. The number of phenols is 1. The molecule has 124 valence electrons. The molecule has 0 aliphatic carbocycles. The molecule has 0 aliphatic rings. The number of aromatic hydroxyl groups is 1. The van der Waals surface area contributed by atoms with Crippen LogP contribution in [0.15, 0.2) is 12.1 Å². The first-order valence-electron chi connectivity index (χ1n) is 8.38. The van der Waals surface area contributed by atoms with Crippen LogP contribution in [0.3, 0.4) is 0 Å². The lowest BCUT2D eigenvalue weighted by Crippen LogP contribution is -2.18. The molecule has 1 unspecified atom stereocenters. The van der Waals surface area contributed by atoms with Crippen molar-refractivity contribution in [3.8, 4) is 5.75 Å². The number of rotatable bonds is 4. The number of esters is 1. The molecule has 0 amide bonds. The molecule has 0 bridgehead atoms. The fourth-order valence-corrected chi connectivity index (χ4v) is 2.42. The lowest BCUT2D eigenvalue weighted by Gasteiger charge is -2.28. The molecular formula is C19H30O3. The molecule has 1 aromatic rings. The smallest absolute Gasteiger partial charge is 0.306 e. The van der Waals surface area contributed by atoms with Gasteiger partial charge in [-0.25, -0.2) is 0 Å². The predicted molar refractivity (Wildman–Crippen MR) is 90.5 cm³/mol. The van der Waals surface area contributed by atoms with Crippen LogP contribution in [0, 0.1) is 0 Å². The highest BCUT2D eigenvalue weighted by molar-refractivity contribution is 5.69. The fraction of sp³-hybridized carbons (Fsp3) is 0.632. The highest BCUT2D eigenvalue weighted by Crippen LogP contribution is 2.39. The van der Waals surface area contributed by atoms with Gasteiger partial charge in [-0.2, -0.15) is 0 Å². The second-order valence-electron chi connectivity index (χ2n) is 7.77. The first-order valence-corrected chi connectivity index (χ1v) is 7.81. The molecule has 3 heteroatoms. The van der Waals surface area contributed by atoms with E-state index in [-0.39, 0.29) is 23.2 Å². The predicted octanol–water partition coefficient (Wildman–Crippen LogP) is 4.48. The third-order valence-corrected chi connectivity index (χ3v) is 3.65. The van der Waals surface area contributed by atoms with E-state index in [0.717, 1.165) is 16.7 Å². The monoisotopic (exact) mass is 307 g/mol. The molecule has 1 N–H and O–H groups in total.